The Bertz CT molecular complexity index is 992. The predicted octanol–water partition coefficient (Wildman–Crippen LogP) is 3.95. The van der Waals surface area contributed by atoms with E-state index < -0.39 is 0 Å². The van der Waals surface area contributed by atoms with Crippen molar-refractivity contribution in [2.75, 3.05) is 16.0 Å². The molecule has 3 aromatic rings. The van der Waals surface area contributed by atoms with E-state index in [0.29, 0.717) is 28.8 Å². The smallest absolute Gasteiger partial charge is 0.274 e. The average molecular weight is 396 g/mol. The SMILES string of the molecule is CC(=O)Nc1cccc(NC(=O)c2cc(NCc3ccc(Cl)cc3)ncn2)c1. The van der Waals surface area contributed by atoms with Crippen LogP contribution in [0.4, 0.5) is 17.2 Å². The molecule has 2 aromatic carbocycles. The van der Waals surface area contributed by atoms with E-state index in [1.807, 2.05) is 24.3 Å². The summed E-state index contributed by atoms with van der Waals surface area (Å²) in [7, 11) is 0. The van der Waals surface area contributed by atoms with Gasteiger partial charge in [-0.2, -0.15) is 0 Å². The zero-order chi connectivity index (χ0) is 19.9. The van der Waals surface area contributed by atoms with Gasteiger partial charge in [-0.1, -0.05) is 29.8 Å². The molecule has 0 aliphatic carbocycles. The van der Waals surface area contributed by atoms with E-state index in [0.717, 1.165) is 5.56 Å². The lowest BCUT2D eigenvalue weighted by molar-refractivity contribution is -0.114. The summed E-state index contributed by atoms with van der Waals surface area (Å²) in [6.45, 7) is 1.96. The molecule has 3 rings (SSSR count). The largest absolute Gasteiger partial charge is 0.366 e. The van der Waals surface area contributed by atoms with Crippen molar-refractivity contribution >= 4 is 40.6 Å². The van der Waals surface area contributed by atoms with Crippen LogP contribution in [0.3, 0.4) is 0 Å². The van der Waals surface area contributed by atoms with Crippen molar-refractivity contribution in [3.05, 3.63) is 77.2 Å². The van der Waals surface area contributed by atoms with Gasteiger partial charge in [0.25, 0.3) is 5.91 Å². The van der Waals surface area contributed by atoms with E-state index in [4.69, 9.17) is 11.6 Å². The minimum Gasteiger partial charge on any atom is -0.366 e. The fourth-order valence-electron chi connectivity index (χ4n) is 2.45. The molecule has 0 spiro atoms. The van der Waals surface area contributed by atoms with Crippen molar-refractivity contribution < 1.29 is 9.59 Å². The number of carbonyl (C=O) groups excluding carboxylic acids is 2. The lowest BCUT2D eigenvalue weighted by Crippen LogP contribution is -2.15. The molecule has 0 radical (unpaired) electrons. The first kappa shape index (κ1) is 19.3. The second-order valence-corrected chi connectivity index (χ2v) is 6.42. The summed E-state index contributed by atoms with van der Waals surface area (Å²) in [5.41, 5.74) is 2.39. The molecular weight excluding hydrogens is 378 g/mol. The summed E-state index contributed by atoms with van der Waals surface area (Å²) in [5.74, 6) is -0.0327. The van der Waals surface area contributed by atoms with Crippen LogP contribution in [-0.2, 0) is 11.3 Å². The van der Waals surface area contributed by atoms with Crippen LogP contribution in [0, 0.1) is 0 Å². The predicted molar refractivity (Wildman–Crippen MR) is 110 cm³/mol. The van der Waals surface area contributed by atoms with Crippen LogP contribution in [-0.4, -0.2) is 21.8 Å². The van der Waals surface area contributed by atoms with E-state index in [-0.39, 0.29) is 17.5 Å². The van der Waals surface area contributed by atoms with Gasteiger partial charge >= 0.3 is 0 Å². The quantitative estimate of drug-likeness (QED) is 0.587. The van der Waals surface area contributed by atoms with E-state index in [9.17, 15) is 9.59 Å². The third kappa shape index (κ3) is 5.52. The Morgan fingerprint density at radius 2 is 1.68 bits per heavy atom. The Hall–Kier alpha value is -3.45. The molecule has 7 nitrogen and oxygen atoms in total. The van der Waals surface area contributed by atoms with Crippen molar-refractivity contribution in [1.29, 1.82) is 0 Å². The van der Waals surface area contributed by atoms with E-state index >= 15 is 0 Å². The van der Waals surface area contributed by atoms with Gasteiger partial charge in [-0.15, -0.1) is 0 Å². The average Bonchev–Trinajstić information content (AvgIpc) is 2.67. The molecule has 0 aliphatic heterocycles. The van der Waals surface area contributed by atoms with Crippen LogP contribution in [0.25, 0.3) is 0 Å². The molecule has 0 atom stereocenters. The number of aromatic nitrogens is 2. The van der Waals surface area contributed by atoms with Gasteiger partial charge in [-0.25, -0.2) is 9.97 Å². The van der Waals surface area contributed by atoms with Crippen LogP contribution in [0.1, 0.15) is 23.0 Å². The number of benzene rings is 2. The Morgan fingerprint density at radius 1 is 0.964 bits per heavy atom. The molecule has 0 bridgehead atoms. The van der Waals surface area contributed by atoms with E-state index in [1.165, 1.54) is 13.3 Å². The maximum absolute atomic E-state index is 12.5. The molecule has 0 fully saturated rings. The maximum Gasteiger partial charge on any atom is 0.274 e. The fourth-order valence-corrected chi connectivity index (χ4v) is 2.57. The third-order valence-electron chi connectivity index (χ3n) is 3.73. The van der Waals surface area contributed by atoms with Gasteiger partial charge in [-0.05, 0) is 35.9 Å². The van der Waals surface area contributed by atoms with Gasteiger partial charge in [0.15, 0.2) is 0 Å². The molecule has 0 saturated heterocycles. The number of hydrogen-bond acceptors (Lipinski definition) is 5. The number of amides is 2. The first-order valence-corrected chi connectivity index (χ1v) is 8.87. The van der Waals surface area contributed by atoms with Crippen LogP contribution in [0.15, 0.2) is 60.9 Å². The third-order valence-corrected chi connectivity index (χ3v) is 3.98. The molecule has 0 saturated carbocycles. The first-order chi connectivity index (χ1) is 13.5. The molecule has 142 valence electrons. The highest BCUT2D eigenvalue weighted by atomic mass is 35.5. The highest BCUT2D eigenvalue weighted by Gasteiger charge is 2.10. The fraction of sp³-hybridized carbons (Fsp3) is 0.100. The highest BCUT2D eigenvalue weighted by Crippen LogP contribution is 2.16. The van der Waals surface area contributed by atoms with Gasteiger partial charge in [0.2, 0.25) is 5.91 Å². The van der Waals surface area contributed by atoms with Crippen molar-refractivity contribution in [3.8, 4) is 0 Å². The number of halogens is 1. The number of hydrogen-bond donors (Lipinski definition) is 3. The standard InChI is InChI=1S/C20H18ClN5O2/c1-13(27)25-16-3-2-4-17(9-16)26-20(28)18-10-19(24-12-23-18)22-11-14-5-7-15(21)8-6-14/h2-10,12H,11H2,1H3,(H,25,27)(H,26,28)(H,22,23,24). The van der Waals surface area contributed by atoms with Crippen LogP contribution in [0.5, 0.6) is 0 Å². The minimum absolute atomic E-state index is 0.185. The second kappa shape index (κ2) is 8.96. The number of nitrogens with one attached hydrogen (secondary N) is 3. The minimum atomic E-state index is -0.378. The Balaban J connectivity index is 1.65. The van der Waals surface area contributed by atoms with Gasteiger partial charge in [0.05, 0.1) is 0 Å². The van der Waals surface area contributed by atoms with E-state index in [2.05, 4.69) is 25.9 Å². The maximum atomic E-state index is 12.5. The first-order valence-electron chi connectivity index (χ1n) is 8.49. The lowest BCUT2D eigenvalue weighted by Gasteiger charge is -2.09. The molecule has 1 aromatic heterocycles. The van der Waals surface area contributed by atoms with Gasteiger partial charge in [0, 0.05) is 35.9 Å². The lowest BCUT2D eigenvalue weighted by atomic mass is 10.2. The summed E-state index contributed by atoms with van der Waals surface area (Å²) in [6, 6.07) is 15.9. The summed E-state index contributed by atoms with van der Waals surface area (Å²) in [5, 5.41) is 9.25. The van der Waals surface area contributed by atoms with Gasteiger partial charge in [0.1, 0.15) is 17.8 Å². The van der Waals surface area contributed by atoms with Crippen molar-refractivity contribution in [2.24, 2.45) is 0 Å². The number of anilines is 3. The highest BCUT2D eigenvalue weighted by molar-refractivity contribution is 6.30. The molecule has 0 aliphatic rings. The Labute approximate surface area is 167 Å². The van der Waals surface area contributed by atoms with Gasteiger partial charge < -0.3 is 16.0 Å². The molecule has 0 unspecified atom stereocenters. The second-order valence-electron chi connectivity index (χ2n) is 5.98. The van der Waals surface area contributed by atoms with Crippen molar-refractivity contribution in [2.45, 2.75) is 13.5 Å². The summed E-state index contributed by atoms with van der Waals surface area (Å²) in [6.07, 6.45) is 1.33. The van der Waals surface area contributed by atoms with Crippen LogP contribution in [0.2, 0.25) is 5.02 Å². The summed E-state index contributed by atoms with van der Waals surface area (Å²) < 4.78 is 0. The molecular formula is C20H18ClN5O2. The molecule has 8 heteroatoms. The van der Waals surface area contributed by atoms with Crippen LogP contribution < -0.4 is 16.0 Å². The summed E-state index contributed by atoms with van der Waals surface area (Å²) in [4.78, 5) is 31.8. The van der Waals surface area contributed by atoms with Crippen LogP contribution >= 0.6 is 11.6 Å². The Kier molecular flexibility index (Phi) is 6.18. The van der Waals surface area contributed by atoms with Crippen molar-refractivity contribution in [1.82, 2.24) is 9.97 Å². The number of carbonyl (C=O) groups is 2. The Morgan fingerprint density at radius 3 is 2.39 bits per heavy atom. The normalized spacial score (nSPS) is 10.2. The molecule has 28 heavy (non-hydrogen) atoms. The van der Waals surface area contributed by atoms with E-state index in [1.54, 1.807) is 30.3 Å². The van der Waals surface area contributed by atoms with Gasteiger partial charge in [-0.3, -0.25) is 9.59 Å². The number of nitrogens with zero attached hydrogens (tertiary/aromatic N) is 2. The monoisotopic (exact) mass is 395 g/mol. The molecule has 2 amide bonds. The van der Waals surface area contributed by atoms with Crippen molar-refractivity contribution in [3.63, 3.8) is 0 Å². The summed E-state index contributed by atoms with van der Waals surface area (Å²) >= 11 is 5.88. The zero-order valence-electron chi connectivity index (χ0n) is 15.1. The molecule has 1 heterocycles. The molecule has 3 N–H and O–H groups in total. The number of rotatable bonds is 6. The zero-order valence-corrected chi connectivity index (χ0v) is 15.8. The topological polar surface area (TPSA) is 96.0 Å².